The number of carbonyl (C=O) groups is 2. The van der Waals surface area contributed by atoms with Crippen molar-refractivity contribution in [2.75, 3.05) is 33.4 Å². The standard InChI is InChI=1S/C13H20N2O4.C2H2O4/c1-11-4-5-13(12(10-11)15(16)17)19-8-3-6-14-7-9-18-2;3-1(4)2(5)6/h4-5,10,14H,3,6-9H2,1-2H3;(H,3,4)(H,5,6). The third-order valence-corrected chi connectivity index (χ3v) is 2.73. The first-order valence-corrected chi connectivity index (χ1v) is 7.33. The highest BCUT2D eigenvalue weighted by Crippen LogP contribution is 2.27. The van der Waals surface area contributed by atoms with Crippen molar-refractivity contribution in [1.29, 1.82) is 0 Å². The van der Waals surface area contributed by atoms with Crippen molar-refractivity contribution < 1.29 is 34.2 Å². The molecule has 0 aliphatic carbocycles. The minimum atomic E-state index is -1.82. The van der Waals surface area contributed by atoms with Crippen molar-refractivity contribution in [3.63, 3.8) is 0 Å². The van der Waals surface area contributed by atoms with Crippen LogP contribution in [0.15, 0.2) is 18.2 Å². The zero-order valence-corrected chi connectivity index (χ0v) is 14.1. The molecule has 0 unspecified atom stereocenters. The lowest BCUT2D eigenvalue weighted by Gasteiger charge is -2.08. The number of nitro benzene ring substituents is 1. The number of methoxy groups -OCH3 is 1. The number of aliphatic carboxylic acids is 2. The van der Waals surface area contributed by atoms with Gasteiger partial charge in [0.05, 0.1) is 18.1 Å². The van der Waals surface area contributed by atoms with Gasteiger partial charge in [-0.25, -0.2) is 9.59 Å². The zero-order valence-electron chi connectivity index (χ0n) is 14.1. The lowest BCUT2D eigenvalue weighted by Crippen LogP contribution is -2.21. The molecule has 25 heavy (non-hydrogen) atoms. The van der Waals surface area contributed by atoms with Crippen LogP contribution in [0.1, 0.15) is 12.0 Å². The van der Waals surface area contributed by atoms with Gasteiger partial charge in [-0.15, -0.1) is 0 Å². The number of carboxylic acid groups (broad SMARTS) is 2. The lowest BCUT2D eigenvalue weighted by molar-refractivity contribution is -0.385. The summed E-state index contributed by atoms with van der Waals surface area (Å²) in [6, 6.07) is 4.97. The summed E-state index contributed by atoms with van der Waals surface area (Å²) in [5, 5.41) is 28.8. The van der Waals surface area contributed by atoms with Crippen molar-refractivity contribution in [2.45, 2.75) is 13.3 Å². The van der Waals surface area contributed by atoms with Gasteiger partial charge in [-0.05, 0) is 31.5 Å². The maximum absolute atomic E-state index is 10.9. The smallest absolute Gasteiger partial charge is 0.414 e. The van der Waals surface area contributed by atoms with E-state index in [9.17, 15) is 10.1 Å². The normalized spacial score (nSPS) is 9.68. The average Bonchev–Trinajstić information content (AvgIpc) is 2.55. The Kier molecular flexibility index (Phi) is 11.3. The molecular weight excluding hydrogens is 336 g/mol. The number of aryl methyl sites for hydroxylation is 1. The van der Waals surface area contributed by atoms with Crippen LogP contribution in [0.5, 0.6) is 5.75 Å². The maximum atomic E-state index is 10.9. The van der Waals surface area contributed by atoms with Crippen molar-refractivity contribution in [3.05, 3.63) is 33.9 Å². The second-order valence-electron chi connectivity index (χ2n) is 4.78. The molecule has 3 N–H and O–H groups in total. The molecule has 10 heteroatoms. The predicted molar refractivity (Wildman–Crippen MR) is 88.0 cm³/mol. The minimum absolute atomic E-state index is 0.0207. The van der Waals surface area contributed by atoms with Gasteiger partial charge in [-0.1, -0.05) is 6.07 Å². The van der Waals surface area contributed by atoms with Crippen LogP contribution in [0.3, 0.4) is 0 Å². The van der Waals surface area contributed by atoms with Crippen molar-refractivity contribution in [1.82, 2.24) is 5.32 Å². The molecule has 140 valence electrons. The molecule has 0 aliphatic heterocycles. The molecule has 0 atom stereocenters. The van der Waals surface area contributed by atoms with Gasteiger partial charge in [-0.2, -0.15) is 0 Å². The summed E-state index contributed by atoms with van der Waals surface area (Å²) in [5.74, 6) is -3.32. The van der Waals surface area contributed by atoms with E-state index in [-0.39, 0.29) is 5.69 Å². The number of ether oxygens (including phenoxy) is 2. The third kappa shape index (κ3) is 10.6. The van der Waals surface area contributed by atoms with Crippen LogP contribution in [0.2, 0.25) is 0 Å². The van der Waals surface area contributed by atoms with Crippen molar-refractivity contribution >= 4 is 17.6 Å². The first kappa shape index (κ1) is 22.3. The fraction of sp³-hybridized carbons (Fsp3) is 0.467. The van der Waals surface area contributed by atoms with Gasteiger partial charge in [-0.3, -0.25) is 10.1 Å². The average molecular weight is 358 g/mol. The first-order chi connectivity index (χ1) is 11.8. The van der Waals surface area contributed by atoms with E-state index in [0.29, 0.717) is 19.0 Å². The molecule has 0 amide bonds. The molecule has 0 saturated heterocycles. The second-order valence-corrected chi connectivity index (χ2v) is 4.78. The minimum Gasteiger partial charge on any atom is -0.487 e. The second kappa shape index (κ2) is 12.7. The lowest BCUT2D eigenvalue weighted by atomic mass is 10.2. The van der Waals surface area contributed by atoms with E-state index in [4.69, 9.17) is 29.3 Å². The van der Waals surface area contributed by atoms with Gasteiger partial charge in [0.15, 0.2) is 5.75 Å². The van der Waals surface area contributed by atoms with Gasteiger partial charge in [0.1, 0.15) is 0 Å². The molecule has 0 fully saturated rings. The molecule has 0 heterocycles. The van der Waals surface area contributed by atoms with Crippen LogP contribution in [0.4, 0.5) is 5.69 Å². The van der Waals surface area contributed by atoms with Crippen LogP contribution in [0, 0.1) is 17.0 Å². The van der Waals surface area contributed by atoms with Crippen LogP contribution in [-0.2, 0) is 14.3 Å². The summed E-state index contributed by atoms with van der Waals surface area (Å²) in [4.78, 5) is 28.7. The van der Waals surface area contributed by atoms with E-state index < -0.39 is 16.9 Å². The van der Waals surface area contributed by atoms with Gasteiger partial charge in [0.25, 0.3) is 0 Å². The number of benzene rings is 1. The highest BCUT2D eigenvalue weighted by Gasteiger charge is 2.14. The summed E-state index contributed by atoms with van der Waals surface area (Å²) in [7, 11) is 1.65. The number of nitrogens with one attached hydrogen (secondary N) is 1. The third-order valence-electron chi connectivity index (χ3n) is 2.73. The van der Waals surface area contributed by atoms with Crippen LogP contribution < -0.4 is 10.1 Å². The van der Waals surface area contributed by atoms with Crippen molar-refractivity contribution in [2.24, 2.45) is 0 Å². The Morgan fingerprint density at radius 1 is 1.20 bits per heavy atom. The van der Waals surface area contributed by atoms with Crippen molar-refractivity contribution in [3.8, 4) is 5.75 Å². The zero-order chi connectivity index (χ0) is 19.2. The Balaban J connectivity index is 0.000000823. The predicted octanol–water partition coefficient (Wildman–Crippen LogP) is 1.06. The number of hydrogen-bond acceptors (Lipinski definition) is 7. The van der Waals surface area contributed by atoms with E-state index >= 15 is 0 Å². The SMILES string of the molecule is COCCNCCCOc1ccc(C)cc1[N+](=O)[O-].O=C(O)C(=O)O. The maximum Gasteiger partial charge on any atom is 0.414 e. The van der Waals surface area contributed by atoms with E-state index in [2.05, 4.69) is 5.32 Å². The van der Waals surface area contributed by atoms with E-state index in [1.54, 1.807) is 19.2 Å². The Bertz CT molecular complexity index is 565. The van der Waals surface area contributed by atoms with E-state index in [0.717, 1.165) is 25.1 Å². The Hall–Kier alpha value is -2.72. The molecule has 0 aliphatic rings. The highest BCUT2D eigenvalue weighted by molar-refractivity contribution is 6.27. The quantitative estimate of drug-likeness (QED) is 0.255. The molecule has 0 saturated carbocycles. The Labute approximate surface area is 144 Å². The fourth-order valence-electron chi connectivity index (χ4n) is 1.57. The number of rotatable bonds is 9. The molecule has 1 aromatic rings. The summed E-state index contributed by atoms with van der Waals surface area (Å²) < 4.78 is 10.3. The van der Waals surface area contributed by atoms with Crippen LogP contribution in [0.25, 0.3) is 0 Å². The van der Waals surface area contributed by atoms with E-state index in [1.165, 1.54) is 6.07 Å². The van der Waals surface area contributed by atoms with Gasteiger partial charge < -0.3 is 25.0 Å². The Morgan fingerprint density at radius 3 is 2.36 bits per heavy atom. The molecule has 1 aromatic carbocycles. The number of nitrogens with zero attached hydrogens (tertiary/aromatic N) is 1. The van der Waals surface area contributed by atoms with Gasteiger partial charge in [0, 0.05) is 19.7 Å². The first-order valence-electron chi connectivity index (χ1n) is 7.33. The molecule has 0 radical (unpaired) electrons. The largest absolute Gasteiger partial charge is 0.487 e. The summed E-state index contributed by atoms with van der Waals surface area (Å²) in [6.45, 7) is 4.52. The van der Waals surface area contributed by atoms with Crippen LogP contribution >= 0.6 is 0 Å². The van der Waals surface area contributed by atoms with Crippen LogP contribution in [-0.4, -0.2) is 60.5 Å². The molecule has 0 aromatic heterocycles. The molecule has 1 rings (SSSR count). The van der Waals surface area contributed by atoms with Gasteiger partial charge >= 0.3 is 17.6 Å². The molecule has 0 spiro atoms. The molecule has 10 nitrogen and oxygen atoms in total. The summed E-state index contributed by atoms with van der Waals surface area (Å²) >= 11 is 0. The number of nitro groups is 1. The monoisotopic (exact) mass is 358 g/mol. The summed E-state index contributed by atoms with van der Waals surface area (Å²) in [6.07, 6.45) is 0.786. The van der Waals surface area contributed by atoms with Gasteiger partial charge in [0.2, 0.25) is 0 Å². The number of hydrogen-bond donors (Lipinski definition) is 3. The topological polar surface area (TPSA) is 148 Å². The Morgan fingerprint density at radius 2 is 1.84 bits per heavy atom. The highest BCUT2D eigenvalue weighted by atomic mass is 16.6. The summed E-state index contributed by atoms with van der Waals surface area (Å²) in [5.41, 5.74) is 0.868. The number of carboxylic acids is 2. The molecule has 0 bridgehead atoms. The fourth-order valence-corrected chi connectivity index (χ4v) is 1.57. The van der Waals surface area contributed by atoms with E-state index in [1.807, 2.05) is 6.92 Å². The molecular formula is C15H22N2O8.